The molecule has 1 fully saturated rings. The van der Waals surface area contributed by atoms with Crippen molar-refractivity contribution < 1.29 is 0 Å². The van der Waals surface area contributed by atoms with Gasteiger partial charge in [-0.3, -0.25) is 0 Å². The van der Waals surface area contributed by atoms with Crippen molar-refractivity contribution in [1.29, 1.82) is 0 Å². The van der Waals surface area contributed by atoms with E-state index in [1.54, 1.807) is 0 Å². The highest BCUT2D eigenvalue weighted by atomic mass is 127. The molecule has 1 unspecified atom stereocenters. The monoisotopic (exact) mass is 393 g/mol. The van der Waals surface area contributed by atoms with Crippen LogP contribution in [0.3, 0.4) is 0 Å². The standard InChI is InChI=1S/C13H17BrIN/c1-16-13(9-4-2-3-5-9)11-8-10(15)6-7-12(11)14/h6-9,13,16H,2-5H2,1H3. The number of hydrogen-bond donors (Lipinski definition) is 1. The first-order chi connectivity index (χ1) is 7.72. The van der Waals surface area contributed by atoms with Crippen molar-refractivity contribution in [3.8, 4) is 0 Å². The first kappa shape index (κ1) is 12.8. The van der Waals surface area contributed by atoms with Gasteiger partial charge in [0.2, 0.25) is 0 Å². The van der Waals surface area contributed by atoms with E-state index < -0.39 is 0 Å². The molecule has 0 aliphatic heterocycles. The Hall–Kier alpha value is 0.390. The smallest absolute Gasteiger partial charge is 0.0357 e. The van der Waals surface area contributed by atoms with Gasteiger partial charge in [-0.2, -0.15) is 0 Å². The molecule has 0 heterocycles. The van der Waals surface area contributed by atoms with Crippen molar-refractivity contribution in [3.05, 3.63) is 31.8 Å². The van der Waals surface area contributed by atoms with Gasteiger partial charge in [-0.15, -0.1) is 0 Å². The van der Waals surface area contributed by atoms with Crippen LogP contribution in [0, 0.1) is 9.49 Å². The molecule has 0 radical (unpaired) electrons. The molecular formula is C13H17BrIN. The summed E-state index contributed by atoms with van der Waals surface area (Å²) in [4.78, 5) is 0. The van der Waals surface area contributed by atoms with Crippen LogP contribution in [0.1, 0.15) is 37.3 Å². The van der Waals surface area contributed by atoms with E-state index in [1.165, 1.54) is 39.3 Å². The minimum absolute atomic E-state index is 0.506. The maximum atomic E-state index is 3.68. The van der Waals surface area contributed by atoms with E-state index in [9.17, 15) is 0 Å². The maximum absolute atomic E-state index is 3.68. The van der Waals surface area contributed by atoms with Crippen molar-refractivity contribution in [2.75, 3.05) is 7.05 Å². The zero-order valence-electron chi connectivity index (χ0n) is 9.47. The van der Waals surface area contributed by atoms with E-state index in [-0.39, 0.29) is 0 Å². The van der Waals surface area contributed by atoms with Gasteiger partial charge in [0, 0.05) is 14.1 Å². The summed E-state index contributed by atoms with van der Waals surface area (Å²) in [5.41, 5.74) is 1.42. The largest absolute Gasteiger partial charge is 0.313 e. The number of hydrogen-bond acceptors (Lipinski definition) is 1. The molecule has 1 aromatic rings. The Morgan fingerprint density at radius 2 is 2.06 bits per heavy atom. The molecule has 0 aromatic heterocycles. The average Bonchev–Trinajstić information content (AvgIpc) is 2.78. The second-order valence-corrected chi connectivity index (χ2v) is 6.58. The minimum atomic E-state index is 0.506. The zero-order chi connectivity index (χ0) is 11.5. The van der Waals surface area contributed by atoms with Crippen LogP contribution >= 0.6 is 38.5 Å². The summed E-state index contributed by atoms with van der Waals surface area (Å²) in [6.45, 7) is 0. The van der Waals surface area contributed by atoms with Gasteiger partial charge < -0.3 is 5.32 Å². The summed E-state index contributed by atoms with van der Waals surface area (Å²) in [6.07, 6.45) is 5.52. The number of rotatable bonds is 3. The second-order valence-electron chi connectivity index (χ2n) is 4.48. The lowest BCUT2D eigenvalue weighted by Crippen LogP contribution is -2.24. The van der Waals surface area contributed by atoms with Crippen LogP contribution in [0.25, 0.3) is 0 Å². The summed E-state index contributed by atoms with van der Waals surface area (Å²) in [6, 6.07) is 7.11. The number of nitrogens with one attached hydrogen (secondary N) is 1. The van der Waals surface area contributed by atoms with Gasteiger partial charge in [0.25, 0.3) is 0 Å². The van der Waals surface area contributed by atoms with Gasteiger partial charge >= 0.3 is 0 Å². The summed E-state index contributed by atoms with van der Waals surface area (Å²) >= 11 is 6.06. The topological polar surface area (TPSA) is 12.0 Å². The molecule has 1 N–H and O–H groups in total. The Morgan fingerprint density at radius 1 is 1.38 bits per heavy atom. The zero-order valence-corrected chi connectivity index (χ0v) is 13.2. The highest BCUT2D eigenvalue weighted by molar-refractivity contribution is 14.1. The number of benzene rings is 1. The highest BCUT2D eigenvalue weighted by Crippen LogP contribution is 2.38. The van der Waals surface area contributed by atoms with Gasteiger partial charge in [0.1, 0.15) is 0 Å². The van der Waals surface area contributed by atoms with Crippen LogP contribution in [0.2, 0.25) is 0 Å². The highest BCUT2D eigenvalue weighted by Gasteiger charge is 2.26. The predicted octanol–water partition coefficient (Wildman–Crippen LogP) is 4.50. The third-order valence-corrected chi connectivity index (χ3v) is 4.87. The van der Waals surface area contributed by atoms with Gasteiger partial charge in [-0.1, -0.05) is 28.8 Å². The van der Waals surface area contributed by atoms with Gasteiger partial charge in [0.05, 0.1) is 0 Å². The SMILES string of the molecule is CNC(c1cc(I)ccc1Br)C1CCCC1. The summed E-state index contributed by atoms with van der Waals surface area (Å²) < 4.78 is 2.55. The molecule has 0 bridgehead atoms. The second kappa shape index (κ2) is 5.83. The molecule has 1 aromatic carbocycles. The lowest BCUT2D eigenvalue weighted by Gasteiger charge is -2.24. The van der Waals surface area contributed by atoms with Gasteiger partial charge in [0.15, 0.2) is 0 Å². The van der Waals surface area contributed by atoms with E-state index in [2.05, 4.69) is 69.1 Å². The molecule has 0 spiro atoms. The fourth-order valence-electron chi connectivity index (χ4n) is 2.69. The van der Waals surface area contributed by atoms with Crippen molar-refractivity contribution in [3.63, 3.8) is 0 Å². The average molecular weight is 394 g/mol. The van der Waals surface area contributed by atoms with Gasteiger partial charge in [-0.05, 0) is 72.2 Å². The van der Waals surface area contributed by atoms with Crippen molar-refractivity contribution in [2.24, 2.45) is 5.92 Å². The Morgan fingerprint density at radius 3 is 2.69 bits per heavy atom. The fraction of sp³-hybridized carbons (Fsp3) is 0.538. The molecule has 0 saturated heterocycles. The Labute approximate surface area is 120 Å². The van der Waals surface area contributed by atoms with E-state index in [0.29, 0.717) is 6.04 Å². The first-order valence-corrected chi connectivity index (χ1v) is 7.71. The van der Waals surface area contributed by atoms with Crippen molar-refractivity contribution in [1.82, 2.24) is 5.32 Å². The normalized spacial score (nSPS) is 18.9. The summed E-state index contributed by atoms with van der Waals surface area (Å²) in [5.74, 6) is 0.805. The summed E-state index contributed by atoms with van der Waals surface area (Å²) in [5, 5.41) is 3.50. The lowest BCUT2D eigenvalue weighted by molar-refractivity contribution is 0.389. The third-order valence-electron chi connectivity index (χ3n) is 3.48. The molecule has 0 amide bonds. The van der Waals surface area contributed by atoms with E-state index >= 15 is 0 Å². The molecule has 1 aliphatic rings. The summed E-state index contributed by atoms with van der Waals surface area (Å²) in [7, 11) is 2.08. The third kappa shape index (κ3) is 2.79. The van der Waals surface area contributed by atoms with Crippen molar-refractivity contribution in [2.45, 2.75) is 31.7 Å². The minimum Gasteiger partial charge on any atom is -0.313 e. The van der Waals surface area contributed by atoms with E-state index in [0.717, 1.165) is 5.92 Å². The van der Waals surface area contributed by atoms with E-state index in [4.69, 9.17) is 0 Å². The van der Waals surface area contributed by atoms with Crippen LogP contribution in [0.5, 0.6) is 0 Å². The molecule has 1 nitrogen and oxygen atoms in total. The first-order valence-electron chi connectivity index (χ1n) is 5.84. The van der Waals surface area contributed by atoms with E-state index in [1.807, 2.05) is 0 Å². The molecule has 88 valence electrons. The van der Waals surface area contributed by atoms with Crippen LogP contribution in [-0.4, -0.2) is 7.05 Å². The fourth-order valence-corrected chi connectivity index (χ4v) is 3.70. The molecular weight excluding hydrogens is 377 g/mol. The Kier molecular flexibility index (Phi) is 4.67. The molecule has 2 rings (SSSR count). The van der Waals surface area contributed by atoms with Crippen LogP contribution in [0.4, 0.5) is 0 Å². The van der Waals surface area contributed by atoms with Crippen molar-refractivity contribution >= 4 is 38.5 Å². The Bertz CT molecular complexity index is 361. The molecule has 1 atom stereocenters. The molecule has 1 aliphatic carbocycles. The van der Waals surface area contributed by atoms with Crippen LogP contribution in [-0.2, 0) is 0 Å². The van der Waals surface area contributed by atoms with Crippen LogP contribution < -0.4 is 5.32 Å². The molecule has 16 heavy (non-hydrogen) atoms. The quantitative estimate of drug-likeness (QED) is 0.745. The van der Waals surface area contributed by atoms with Gasteiger partial charge in [-0.25, -0.2) is 0 Å². The number of halogens is 2. The Balaban J connectivity index is 2.28. The molecule has 1 saturated carbocycles. The molecule has 3 heteroatoms. The predicted molar refractivity (Wildman–Crippen MR) is 80.6 cm³/mol. The maximum Gasteiger partial charge on any atom is 0.0357 e. The lowest BCUT2D eigenvalue weighted by atomic mass is 9.92. The van der Waals surface area contributed by atoms with Crippen LogP contribution in [0.15, 0.2) is 22.7 Å².